The Morgan fingerprint density at radius 3 is 2.81 bits per heavy atom. The normalized spacial score (nSPS) is 12.3. The number of hydrogen-bond donors (Lipinski definition) is 2. The summed E-state index contributed by atoms with van der Waals surface area (Å²) in [6.45, 7) is 1.52. The Morgan fingerprint density at radius 2 is 2.25 bits per heavy atom. The van der Waals surface area contributed by atoms with Gasteiger partial charge in [-0.3, -0.25) is 4.79 Å². The summed E-state index contributed by atoms with van der Waals surface area (Å²) < 4.78 is 13.4. The second kappa shape index (κ2) is 5.32. The Kier molecular flexibility index (Phi) is 4.32. The van der Waals surface area contributed by atoms with Gasteiger partial charge in [0.15, 0.2) is 0 Å². The van der Waals surface area contributed by atoms with Crippen molar-refractivity contribution in [3.63, 3.8) is 0 Å². The lowest BCUT2D eigenvalue weighted by atomic mass is 10.1. The Morgan fingerprint density at radius 1 is 1.62 bits per heavy atom. The fourth-order valence-corrected chi connectivity index (χ4v) is 1.39. The fourth-order valence-electron chi connectivity index (χ4n) is 1.19. The largest absolute Gasteiger partial charge is 0.394 e. The average molecular weight is 243 g/mol. The van der Waals surface area contributed by atoms with Crippen LogP contribution < -0.4 is 0 Å². The Labute approximate surface area is 99.3 Å². The van der Waals surface area contributed by atoms with E-state index in [4.69, 9.17) is 5.11 Å². The smallest absolute Gasteiger partial charge is 0.256 e. The van der Waals surface area contributed by atoms with Gasteiger partial charge < -0.3 is 10.0 Å². The predicted molar refractivity (Wildman–Crippen MR) is 62.3 cm³/mol. The monoisotopic (exact) mass is 243 g/mol. The molecule has 0 bridgehead atoms. The number of amides is 1. The number of hydrogen-bond acceptors (Lipinski definition) is 3. The lowest BCUT2D eigenvalue weighted by Gasteiger charge is -2.23. The van der Waals surface area contributed by atoms with Crippen LogP contribution in [0.25, 0.3) is 0 Å². The van der Waals surface area contributed by atoms with E-state index in [-0.39, 0.29) is 18.2 Å². The maximum Gasteiger partial charge on any atom is 0.256 e. The SMILES string of the molecule is CC(CO)N(C)C(=O)c1cc(S)ccc1F. The number of rotatable bonds is 3. The number of aliphatic hydroxyl groups excluding tert-OH is 1. The lowest BCUT2D eigenvalue weighted by molar-refractivity contribution is 0.0677. The zero-order chi connectivity index (χ0) is 12.3. The summed E-state index contributed by atoms with van der Waals surface area (Å²) in [5, 5.41) is 8.92. The summed E-state index contributed by atoms with van der Waals surface area (Å²) in [6, 6.07) is 3.70. The quantitative estimate of drug-likeness (QED) is 0.791. The first kappa shape index (κ1) is 13.0. The van der Waals surface area contributed by atoms with Gasteiger partial charge in [0.1, 0.15) is 5.82 Å². The molecule has 5 heteroatoms. The van der Waals surface area contributed by atoms with E-state index in [1.54, 1.807) is 6.92 Å². The Hall–Kier alpha value is -1.07. The van der Waals surface area contributed by atoms with Crippen molar-refractivity contribution in [2.24, 2.45) is 0 Å². The Balaban J connectivity index is 3.00. The molecular weight excluding hydrogens is 229 g/mol. The van der Waals surface area contributed by atoms with Crippen LogP contribution >= 0.6 is 12.6 Å². The molecule has 0 radical (unpaired) electrons. The molecule has 1 rings (SSSR count). The van der Waals surface area contributed by atoms with Crippen LogP contribution in [0.1, 0.15) is 17.3 Å². The lowest BCUT2D eigenvalue weighted by Crippen LogP contribution is -2.37. The van der Waals surface area contributed by atoms with Crippen molar-refractivity contribution in [3.8, 4) is 0 Å². The molecule has 0 spiro atoms. The first-order chi connectivity index (χ1) is 7.47. The standard InChI is InChI=1S/C11H14FNO2S/c1-7(6-14)13(2)11(15)9-5-8(16)3-4-10(9)12/h3-5,7,14,16H,6H2,1-2H3. The third kappa shape index (κ3) is 2.74. The summed E-state index contributed by atoms with van der Waals surface area (Å²) in [5.41, 5.74) is -0.0321. The molecule has 0 saturated heterocycles. The maximum atomic E-state index is 13.4. The highest BCUT2D eigenvalue weighted by Crippen LogP contribution is 2.16. The molecule has 1 unspecified atom stereocenters. The van der Waals surface area contributed by atoms with E-state index in [2.05, 4.69) is 12.6 Å². The van der Waals surface area contributed by atoms with Crippen LogP contribution in [0.15, 0.2) is 23.1 Å². The molecule has 1 aromatic rings. The highest BCUT2D eigenvalue weighted by molar-refractivity contribution is 7.80. The van der Waals surface area contributed by atoms with Gasteiger partial charge in [-0.05, 0) is 25.1 Å². The van der Waals surface area contributed by atoms with E-state index in [1.807, 2.05) is 0 Å². The average Bonchev–Trinajstić information content (AvgIpc) is 2.29. The summed E-state index contributed by atoms with van der Waals surface area (Å²) >= 11 is 4.05. The number of nitrogens with zero attached hydrogens (tertiary/aromatic N) is 1. The molecule has 0 heterocycles. The number of likely N-dealkylation sites (N-methyl/N-ethyl adjacent to an activating group) is 1. The van der Waals surface area contributed by atoms with Gasteiger partial charge in [0, 0.05) is 11.9 Å². The third-order valence-electron chi connectivity index (χ3n) is 2.43. The molecule has 0 aromatic heterocycles. The molecule has 1 aromatic carbocycles. The number of aliphatic hydroxyl groups is 1. The highest BCUT2D eigenvalue weighted by Gasteiger charge is 2.19. The molecular formula is C11H14FNO2S. The summed E-state index contributed by atoms with van der Waals surface area (Å²) in [6.07, 6.45) is 0. The van der Waals surface area contributed by atoms with E-state index < -0.39 is 11.7 Å². The van der Waals surface area contributed by atoms with Crippen LogP contribution in [0.4, 0.5) is 4.39 Å². The van der Waals surface area contributed by atoms with E-state index in [1.165, 1.54) is 30.1 Å². The molecule has 1 amide bonds. The predicted octanol–water partition coefficient (Wildman–Crippen LogP) is 1.57. The minimum atomic E-state index is -0.584. The highest BCUT2D eigenvalue weighted by atomic mass is 32.1. The first-order valence-corrected chi connectivity index (χ1v) is 5.28. The van der Waals surface area contributed by atoms with Gasteiger partial charge in [0.05, 0.1) is 18.2 Å². The minimum absolute atomic E-state index is 0.0321. The minimum Gasteiger partial charge on any atom is -0.394 e. The molecule has 1 N–H and O–H groups in total. The van der Waals surface area contributed by atoms with Gasteiger partial charge in [0.25, 0.3) is 5.91 Å². The topological polar surface area (TPSA) is 40.5 Å². The van der Waals surface area contributed by atoms with Crippen LogP contribution in [0.2, 0.25) is 0 Å². The fraction of sp³-hybridized carbons (Fsp3) is 0.364. The van der Waals surface area contributed by atoms with E-state index >= 15 is 0 Å². The van der Waals surface area contributed by atoms with Crippen molar-refractivity contribution < 1.29 is 14.3 Å². The van der Waals surface area contributed by atoms with Crippen molar-refractivity contribution in [2.45, 2.75) is 17.9 Å². The van der Waals surface area contributed by atoms with E-state index in [9.17, 15) is 9.18 Å². The molecule has 0 aliphatic rings. The molecule has 16 heavy (non-hydrogen) atoms. The maximum absolute atomic E-state index is 13.4. The Bertz CT molecular complexity index is 398. The van der Waals surface area contributed by atoms with Crippen LogP contribution in [0.3, 0.4) is 0 Å². The van der Waals surface area contributed by atoms with Crippen LogP contribution in [-0.2, 0) is 0 Å². The number of carbonyl (C=O) groups excluding carboxylic acids is 1. The first-order valence-electron chi connectivity index (χ1n) is 4.84. The number of halogens is 1. The zero-order valence-corrected chi connectivity index (χ0v) is 10.0. The van der Waals surface area contributed by atoms with Gasteiger partial charge in [-0.15, -0.1) is 12.6 Å². The molecule has 0 aliphatic carbocycles. The molecule has 1 atom stereocenters. The van der Waals surface area contributed by atoms with Gasteiger partial charge >= 0.3 is 0 Å². The van der Waals surface area contributed by atoms with Gasteiger partial charge in [0.2, 0.25) is 0 Å². The van der Waals surface area contributed by atoms with Crippen molar-refractivity contribution in [2.75, 3.05) is 13.7 Å². The molecule has 0 aliphatic heterocycles. The molecule has 88 valence electrons. The third-order valence-corrected chi connectivity index (χ3v) is 2.70. The second-order valence-corrected chi connectivity index (χ2v) is 4.13. The van der Waals surface area contributed by atoms with Gasteiger partial charge in [-0.25, -0.2) is 4.39 Å². The van der Waals surface area contributed by atoms with Crippen molar-refractivity contribution >= 4 is 18.5 Å². The molecule has 0 fully saturated rings. The number of benzene rings is 1. The number of carbonyl (C=O) groups is 1. The van der Waals surface area contributed by atoms with Crippen molar-refractivity contribution in [1.82, 2.24) is 4.90 Å². The van der Waals surface area contributed by atoms with Crippen LogP contribution in [0.5, 0.6) is 0 Å². The van der Waals surface area contributed by atoms with Gasteiger partial charge in [-0.2, -0.15) is 0 Å². The van der Waals surface area contributed by atoms with Crippen molar-refractivity contribution in [1.29, 1.82) is 0 Å². The molecule has 3 nitrogen and oxygen atoms in total. The van der Waals surface area contributed by atoms with E-state index in [0.717, 1.165) is 0 Å². The second-order valence-electron chi connectivity index (χ2n) is 3.61. The van der Waals surface area contributed by atoms with Crippen LogP contribution in [-0.4, -0.2) is 35.6 Å². The van der Waals surface area contributed by atoms with Crippen molar-refractivity contribution in [3.05, 3.63) is 29.6 Å². The molecule has 0 saturated carbocycles. The summed E-state index contributed by atoms with van der Waals surface area (Å²) in [5.74, 6) is -1.05. The van der Waals surface area contributed by atoms with Gasteiger partial charge in [-0.1, -0.05) is 0 Å². The summed E-state index contributed by atoms with van der Waals surface area (Å²) in [4.78, 5) is 13.7. The number of thiol groups is 1. The van der Waals surface area contributed by atoms with Crippen LogP contribution in [0, 0.1) is 5.82 Å². The van der Waals surface area contributed by atoms with E-state index in [0.29, 0.717) is 4.90 Å². The zero-order valence-electron chi connectivity index (χ0n) is 9.14. The summed E-state index contributed by atoms with van der Waals surface area (Å²) in [7, 11) is 1.52.